The number of carbonyl (C=O) groups is 1. The quantitative estimate of drug-likeness (QED) is 0.341. The van der Waals surface area contributed by atoms with Crippen LogP contribution in [0.15, 0.2) is 47.6 Å². The minimum absolute atomic E-state index is 0.160. The molecule has 0 saturated carbocycles. The fraction of sp³-hybridized carbons (Fsp3) is 0.190. The van der Waals surface area contributed by atoms with Gasteiger partial charge in [-0.05, 0) is 51.1 Å². The van der Waals surface area contributed by atoms with Gasteiger partial charge in [-0.2, -0.15) is 5.10 Å². The molecule has 0 radical (unpaired) electrons. The summed E-state index contributed by atoms with van der Waals surface area (Å²) >= 11 is 0. The number of pyridine rings is 2. The number of nitrogens with zero attached hydrogens (tertiary/aromatic N) is 4. The number of aromatic amines is 1. The van der Waals surface area contributed by atoms with Gasteiger partial charge in [-0.1, -0.05) is 6.07 Å². The molecular formula is C21H23N7O. The Hall–Kier alpha value is -3.81. The van der Waals surface area contributed by atoms with Crippen molar-refractivity contribution in [2.24, 2.45) is 10.7 Å². The Morgan fingerprint density at radius 1 is 1.28 bits per heavy atom. The fourth-order valence-electron chi connectivity index (χ4n) is 2.89. The summed E-state index contributed by atoms with van der Waals surface area (Å²) in [6.45, 7) is 6.04. The molecule has 0 aliphatic rings. The molecule has 8 nitrogen and oxygen atoms in total. The summed E-state index contributed by atoms with van der Waals surface area (Å²) in [4.78, 5) is 23.0. The summed E-state index contributed by atoms with van der Waals surface area (Å²) in [6.07, 6.45) is 5.79. The van der Waals surface area contributed by atoms with Crippen molar-refractivity contribution >= 4 is 18.3 Å². The summed E-state index contributed by atoms with van der Waals surface area (Å²) in [5.74, 6) is -0.558. The first-order valence-electron chi connectivity index (χ1n) is 9.16. The van der Waals surface area contributed by atoms with Crippen LogP contribution in [0.2, 0.25) is 0 Å². The van der Waals surface area contributed by atoms with E-state index in [-0.39, 0.29) is 6.04 Å². The maximum Gasteiger partial charge on any atom is 0.241 e. The first kappa shape index (κ1) is 19.9. The highest BCUT2D eigenvalue weighted by Gasteiger charge is 2.18. The Morgan fingerprint density at radius 3 is 2.72 bits per heavy atom. The molecule has 0 aromatic carbocycles. The van der Waals surface area contributed by atoms with Crippen molar-refractivity contribution in [3.05, 3.63) is 59.5 Å². The van der Waals surface area contributed by atoms with E-state index in [4.69, 9.17) is 16.2 Å². The number of nitrogens with two attached hydrogens (primary N) is 1. The van der Waals surface area contributed by atoms with Gasteiger partial charge in [0.2, 0.25) is 5.91 Å². The predicted molar refractivity (Wildman–Crippen MR) is 113 cm³/mol. The highest BCUT2D eigenvalue weighted by molar-refractivity contribution is 5.92. The number of aromatic nitrogens is 4. The van der Waals surface area contributed by atoms with Crippen molar-refractivity contribution in [3.8, 4) is 22.5 Å². The molecule has 3 heterocycles. The molecule has 8 heteroatoms. The van der Waals surface area contributed by atoms with Crippen LogP contribution >= 0.6 is 0 Å². The van der Waals surface area contributed by atoms with Crippen LogP contribution in [0.1, 0.15) is 31.3 Å². The van der Waals surface area contributed by atoms with Gasteiger partial charge in [-0.3, -0.25) is 19.9 Å². The zero-order chi connectivity index (χ0) is 21.0. The molecule has 0 bridgehead atoms. The average Bonchev–Trinajstić information content (AvgIpc) is 3.12. The van der Waals surface area contributed by atoms with E-state index in [2.05, 4.69) is 28.8 Å². The average molecular weight is 389 g/mol. The third-order valence-electron chi connectivity index (χ3n) is 4.26. The molecule has 1 amide bonds. The Kier molecular flexibility index (Phi) is 5.82. The lowest BCUT2D eigenvalue weighted by atomic mass is 10.0. The lowest BCUT2D eigenvalue weighted by Gasteiger charge is -2.07. The molecule has 0 aliphatic heterocycles. The van der Waals surface area contributed by atoms with Gasteiger partial charge < -0.3 is 10.7 Å². The molecule has 0 unspecified atom stereocenters. The predicted octanol–water partition coefficient (Wildman–Crippen LogP) is 2.84. The van der Waals surface area contributed by atoms with Gasteiger partial charge in [-0.15, -0.1) is 0 Å². The largest absolute Gasteiger partial charge is 0.366 e. The highest BCUT2D eigenvalue weighted by atomic mass is 16.1. The SMILES string of the molecule is Cc1cccc(-c2nn(C(C)C)cc2-c2cc/c(=N/C=N)[nH]c2/C=C/C(N)=O)n1. The Labute approximate surface area is 168 Å². The second kappa shape index (κ2) is 8.47. The van der Waals surface area contributed by atoms with Crippen LogP contribution in [0, 0.1) is 12.3 Å². The van der Waals surface area contributed by atoms with E-state index < -0.39 is 5.91 Å². The van der Waals surface area contributed by atoms with Gasteiger partial charge in [0.05, 0.1) is 5.69 Å². The van der Waals surface area contributed by atoms with E-state index in [1.54, 1.807) is 12.1 Å². The maximum atomic E-state index is 11.3. The third kappa shape index (κ3) is 4.55. The van der Waals surface area contributed by atoms with Crippen molar-refractivity contribution in [1.29, 1.82) is 5.41 Å². The molecule has 29 heavy (non-hydrogen) atoms. The molecule has 3 rings (SSSR count). The van der Waals surface area contributed by atoms with Crippen LogP contribution in [0.25, 0.3) is 28.6 Å². The molecule has 0 spiro atoms. The van der Waals surface area contributed by atoms with Gasteiger partial charge in [0, 0.05) is 40.8 Å². The molecule has 0 aliphatic carbocycles. The number of primary amides is 1. The fourth-order valence-corrected chi connectivity index (χ4v) is 2.89. The minimum Gasteiger partial charge on any atom is -0.366 e. The van der Waals surface area contributed by atoms with Crippen LogP contribution in [-0.2, 0) is 4.79 Å². The lowest BCUT2D eigenvalue weighted by Crippen LogP contribution is -2.10. The second-order valence-electron chi connectivity index (χ2n) is 6.79. The topological polar surface area (TPSA) is 126 Å². The summed E-state index contributed by atoms with van der Waals surface area (Å²) < 4.78 is 1.88. The zero-order valence-electron chi connectivity index (χ0n) is 16.5. The molecule has 3 aromatic heterocycles. The van der Waals surface area contributed by atoms with Crippen molar-refractivity contribution in [1.82, 2.24) is 19.7 Å². The van der Waals surface area contributed by atoms with Crippen molar-refractivity contribution in [2.45, 2.75) is 26.8 Å². The van der Waals surface area contributed by atoms with Crippen molar-refractivity contribution in [2.75, 3.05) is 0 Å². The van der Waals surface area contributed by atoms with Gasteiger partial charge in [0.1, 0.15) is 17.5 Å². The Morgan fingerprint density at radius 2 is 2.07 bits per heavy atom. The number of H-pyrrole nitrogens is 1. The number of carbonyl (C=O) groups excluding carboxylic acids is 1. The molecular weight excluding hydrogens is 366 g/mol. The summed E-state index contributed by atoms with van der Waals surface area (Å²) in [5, 5.41) is 11.9. The van der Waals surface area contributed by atoms with Crippen molar-refractivity contribution < 1.29 is 4.79 Å². The van der Waals surface area contributed by atoms with Gasteiger partial charge in [-0.25, -0.2) is 4.99 Å². The van der Waals surface area contributed by atoms with E-state index in [0.717, 1.165) is 34.5 Å². The first-order valence-corrected chi connectivity index (χ1v) is 9.16. The molecule has 4 N–H and O–H groups in total. The van der Waals surface area contributed by atoms with Crippen LogP contribution in [0.3, 0.4) is 0 Å². The van der Waals surface area contributed by atoms with E-state index in [0.29, 0.717) is 11.2 Å². The van der Waals surface area contributed by atoms with E-state index in [9.17, 15) is 4.79 Å². The summed E-state index contributed by atoms with van der Waals surface area (Å²) in [5.41, 5.74) is 10.5. The molecule has 148 valence electrons. The Balaban J connectivity index is 2.28. The third-order valence-corrected chi connectivity index (χ3v) is 4.26. The van der Waals surface area contributed by atoms with Crippen molar-refractivity contribution in [3.63, 3.8) is 0 Å². The van der Waals surface area contributed by atoms with E-state index >= 15 is 0 Å². The highest BCUT2D eigenvalue weighted by Crippen LogP contribution is 2.32. The van der Waals surface area contributed by atoms with E-state index in [1.807, 2.05) is 42.1 Å². The molecule has 0 saturated heterocycles. The number of hydrogen-bond acceptors (Lipinski definition) is 4. The number of aryl methyl sites for hydroxylation is 1. The van der Waals surface area contributed by atoms with Gasteiger partial charge in [0.25, 0.3) is 0 Å². The smallest absolute Gasteiger partial charge is 0.241 e. The first-order chi connectivity index (χ1) is 13.9. The zero-order valence-corrected chi connectivity index (χ0v) is 16.5. The summed E-state index contributed by atoms with van der Waals surface area (Å²) in [7, 11) is 0. The normalized spacial score (nSPS) is 12.1. The maximum absolute atomic E-state index is 11.3. The second-order valence-corrected chi connectivity index (χ2v) is 6.79. The number of amides is 1. The number of rotatable bonds is 6. The monoisotopic (exact) mass is 389 g/mol. The minimum atomic E-state index is -0.558. The van der Waals surface area contributed by atoms with Crippen LogP contribution in [0.4, 0.5) is 0 Å². The summed E-state index contributed by atoms with van der Waals surface area (Å²) in [6, 6.07) is 9.61. The standard InChI is InChI=1S/C21H23N7O/c1-13(2)28-11-16(21(27-28)18-6-4-5-14(3)25-18)15-7-10-20(24-12-22)26-17(15)8-9-19(23)29/h4-13H,1-3H3,(H2,23,29)(H2,22,24,26)/b9-8+. The van der Waals surface area contributed by atoms with Crippen LogP contribution < -0.4 is 11.2 Å². The number of hydrogen-bond donors (Lipinski definition) is 3. The molecule has 0 fully saturated rings. The van der Waals surface area contributed by atoms with E-state index in [1.165, 1.54) is 6.08 Å². The lowest BCUT2D eigenvalue weighted by molar-refractivity contribution is -0.113. The Bertz CT molecular complexity index is 1150. The van der Waals surface area contributed by atoms with Crippen LogP contribution in [-0.4, -0.2) is 32.0 Å². The van der Waals surface area contributed by atoms with Gasteiger partial charge >= 0.3 is 0 Å². The van der Waals surface area contributed by atoms with Gasteiger partial charge in [0.15, 0.2) is 0 Å². The van der Waals surface area contributed by atoms with Crippen LogP contribution in [0.5, 0.6) is 0 Å². The molecule has 0 atom stereocenters. The molecule has 3 aromatic rings. The number of nitrogens with one attached hydrogen (secondary N) is 2.